The van der Waals surface area contributed by atoms with Crippen molar-refractivity contribution in [2.75, 3.05) is 13.4 Å². The fourth-order valence-corrected chi connectivity index (χ4v) is 3.36. The number of carbonyl (C=O) groups is 1. The van der Waals surface area contributed by atoms with Crippen LogP contribution in [0.25, 0.3) is 0 Å². The van der Waals surface area contributed by atoms with Gasteiger partial charge < -0.3 is 4.74 Å². The molecule has 0 amide bonds. The zero-order valence-electron chi connectivity index (χ0n) is 11.6. The van der Waals surface area contributed by atoms with Crippen LogP contribution >= 0.6 is 11.6 Å². The Balaban J connectivity index is 2.70. The molecule has 0 aliphatic carbocycles. The van der Waals surface area contributed by atoms with Crippen LogP contribution in [0.4, 0.5) is 0 Å². The van der Waals surface area contributed by atoms with Gasteiger partial charge in [-0.05, 0) is 25.1 Å². The van der Waals surface area contributed by atoms with Crippen molar-refractivity contribution in [1.29, 1.82) is 0 Å². The zero-order chi connectivity index (χ0) is 15.8. The second-order valence-electron chi connectivity index (χ2n) is 4.59. The van der Waals surface area contributed by atoms with E-state index in [1.807, 2.05) is 0 Å². The average molecular weight is 332 g/mol. The number of methoxy groups -OCH3 is 1. The van der Waals surface area contributed by atoms with Gasteiger partial charge in [-0.3, -0.25) is 10.3 Å². The molecule has 21 heavy (non-hydrogen) atoms. The van der Waals surface area contributed by atoms with E-state index in [2.05, 4.69) is 10.2 Å². The monoisotopic (exact) mass is 331 g/mol. The molecule has 1 unspecified atom stereocenters. The summed E-state index contributed by atoms with van der Waals surface area (Å²) in [4.78, 5) is 17.0. The maximum absolute atomic E-state index is 11.9. The lowest BCUT2D eigenvalue weighted by Gasteiger charge is -2.16. The second kappa shape index (κ2) is 5.67. The van der Waals surface area contributed by atoms with Gasteiger partial charge in [-0.25, -0.2) is 13.2 Å². The first kappa shape index (κ1) is 15.8. The lowest BCUT2D eigenvalue weighted by molar-refractivity contribution is 0.0405. The van der Waals surface area contributed by atoms with Gasteiger partial charge in [-0.15, -0.1) is 0 Å². The van der Waals surface area contributed by atoms with E-state index in [9.17, 15) is 13.2 Å². The molecule has 0 spiro atoms. The Morgan fingerprint density at radius 2 is 2.10 bits per heavy atom. The molecule has 6 nitrogen and oxygen atoms in total. The molecule has 0 saturated carbocycles. The summed E-state index contributed by atoms with van der Waals surface area (Å²) in [6.07, 6.45) is 2.04. The van der Waals surface area contributed by atoms with Gasteiger partial charge in [0, 0.05) is 17.5 Å². The third-order valence-corrected chi connectivity index (χ3v) is 4.54. The van der Waals surface area contributed by atoms with E-state index in [1.165, 1.54) is 19.2 Å². The van der Waals surface area contributed by atoms with Crippen LogP contribution in [0.15, 0.2) is 28.8 Å². The highest BCUT2D eigenvalue weighted by Gasteiger charge is 2.29. The van der Waals surface area contributed by atoms with Crippen molar-refractivity contribution in [1.82, 2.24) is 5.48 Å². The molecule has 1 aromatic rings. The molecule has 1 aliphatic rings. The summed E-state index contributed by atoms with van der Waals surface area (Å²) in [5, 5.41) is 0.00234. The fourth-order valence-electron chi connectivity index (χ4n) is 2.03. The maximum Gasteiger partial charge on any atom is 0.339 e. The summed E-state index contributed by atoms with van der Waals surface area (Å²) >= 11 is 6.22. The van der Waals surface area contributed by atoms with Crippen LogP contribution in [0.5, 0.6) is 0 Å². The van der Waals surface area contributed by atoms with Crippen LogP contribution in [0.1, 0.15) is 28.9 Å². The number of hydrogen-bond acceptors (Lipinski definition) is 6. The molecular formula is C13H14ClNO5S. The smallest absolute Gasteiger partial charge is 0.339 e. The topological polar surface area (TPSA) is 81.7 Å². The molecule has 0 fully saturated rings. The van der Waals surface area contributed by atoms with Crippen molar-refractivity contribution in [3.05, 3.63) is 40.1 Å². The molecular weight excluding hydrogens is 318 g/mol. The van der Waals surface area contributed by atoms with E-state index in [0.717, 1.165) is 12.0 Å². The zero-order valence-corrected chi connectivity index (χ0v) is 13.2. The average Bonchev–Trinajstić information content (AvgIpc) is 2.82. The predicted octanol–water partition coefficient (Wildman–Crippen LogP) is 2.01. The van der Waals surface area contributed by atoms with Crippen molar-refractivity contribution in [2.45, 2.75) is 17.9 Å². The molecule has 0 saturated heterocycles. The third-order valence-electron chi connectivity index (χ3n) is 2.98. The van der Waals surface area contributed by atoms with Gasteiger partial charge in [-0.2, -0.15) is 0 Å². The minimum atomic E-state index is -3.53. The Bertz CT molecular complexity index is 726. The summed E-state index contributed by atoms with van der Waals surface area (Å²) in [6, 6.07) is 2.65. The summed E-state index contributed by atoms with van der Waals surface area (Å²) in [5.74, 6) is -0.645. The van der Waals surface area contributed by atoms with Gasteiger partial charge in [0.2, 0.25) is 0 Å². The van der Waals surface area contributed by atoms with E-state index in [0.29, 0.717) is 0 Å². The molecule has 8 heteroatoms. The van der Waals surface area contributed by atoms with Crippen molar-refractivity contribution in [2.24, 2.45) is 0 Å². The molecule has 1 atom stereocenters. The van der Waals surface area contributed by atoms with Crippen molar-refractivity contribution >= 4 is 27.4 Å². The number of nitrogens with one attached hydrogen (secondary N) is 1. The number of carbonyl (C=O) groups excluding carboxylic acids is 1. The van der Waals surface area contributed by atoms with Gasteiger partial charge in [0.05, 0.1) is 22.6 Å². The van der Waals surface area contributed by atoms with E-state index in [4.69, 9.17) is 16.4 Å². The Morgan fingerprint density at radius 1 is 1.43 bits per heavy atom. The highest BCUT2D eigenvalue weighted by molar-refractivity contribution is 7.90. The molecule has 1 N–H and O–H groups in total. The van der Waals surface area contributed by atoms with Crippen LogP contribution in [-0.2, 0) is 19.4 Å². The molecule has 1 aromatic carbocycles. The number of rotatable bonds is 3. The fraction of sp³-hybridized carbons (Fsp3) is 0.308. The lowest BCUT2D eigenvalue weighted by atomic mass is 10.0. The normalized spacial score (nSPS) is 18.1. The van der Waals surface area contributed by atoms with Crippen LogP contribution in [0.2, 0.25) is 5.02 Å². The number of benzene rings is 1. The Kier molecular flexibility index (Phi) is 4.27. The largest absolute Gasteiger partial charge is 0.465 e. The van der Waals surface area contributed by atoms with Crippen LogP contribution < -0.4 is 5.48 Å². The van der Waals surface area contributed by atoms with E-state index in [-0.39, 0.29) is 21.0 Å². The summed E-state index contributed by atoms with van der Waals surface area (Å²) < 4.78 is 28.5. The number of hydroxylamine groups is 1. The van der Waals surface area contributed by atoms with E-state index in [1.54, 1.807) is 13.0 Å². The molecule has 0 radical (unpaired) electrons. The standard InChI is InChI=1S/C13H14ClNO5S/c1-7-6-9(20-15-7)11-10(21(3,17)18)5-4-8(12(11)14)13(16)19-2/h4-6,9,15H,1-3H3. The Morgan fingerprint density at radius 3 is 2.57 bits per heavy atom. The van der Waals surface area contributed by atoms with Crippen LogP contribution in [0, 0.1) is 0 Å². The second-order valence-corrected chi connectivity index (χ2v) is 6.95. The maximum atomic E-state index is 11.9. The molecule has 0 aromatic heterocycles. The quantitative estimate of drug-likeness (QED) is 0.853. The van der Waals surface area contributed by atoms with E-state index < -0.39 is 21.9 Å². The summed E-state index contributed by atoms with van der Waals surface area (Å²) in [7, 11) is -2.31. The number of allylic oxidation sites excluding steroid dienone is 1. The van der Waals surface area contributed by atoms with Gasteiger partial charge in [0.15, 0.2) is 9.84 Å². The predicted molar refractivity (Wildman–Crippen MR) is 76.6 cm³/mol. The van der Waals surface area contributed by atoms with Crippen molar-refractivity contribution < 1.29 is 22.8 Å². The highest BCUT2D eigenvalue weighted by atomic mass is 35.5. The number of hydrogen-bond donors (Lipinski definition) is 1. The minimum Gasteiger partial charge on any atom is -0.465 e. The number of sulfone groups is 1. The van der Waals surface area contributed by atoms with Gasteiger partial charge in [0.25, 0.3) is 0 Å². The number of halogens is 1. The SMILES string of the molecule is COC(=O)c1ccc(S(C)(=O)=O)c(C2C=C(C)NO2)c1Cl. The third kappa shape index (κ3) is 3.04. The number of esters is 1. The first-order valence-electron chi connectivity index (χ1n) is 5.96. The minimum absolute atomic E-state index is 0.00234. The highest BCUT2D eigenvalue weighted by Crippen LogP contribution is 2.37. The van der Waals surface area contributed by atoms with Gasteiger partial charge in [-0.1, -0.05) is 11.6 Å². The molecule has 114 valence electrons. The Hall–Kier alpha value is -1.57. The van der Waals surface area contributed by atoms with Crippen molar-refractivity contribution in [3.8, 4) is 0 Å². The number of ether oxygens (including phenoxy) is 1. The molecule has 1 aliphatic heterocycles. The molecule has 1 heterocycles. The van der Waals surface area contributed by atoms with Gasteiger partial charge in [0.1, 0.15) is 6.10 Å². The van der Waals surface area contributed by atoms with E-state index >= 15 is 0 Å². The Labute approximate surface area is 127 Å². The summed E-state index contributed by atoms with van der Waals surface area (Å²) in [6.45, 7) is 1.76. The summed E-state index contributed by atoms with van der Waals surface area (Å²) in [5.41, 5.74) is 3.65. The lowest BCUT2D eigenvalue weighted by Crippen LogP contribution is -2.13. The van der Waals surface area contributed by atoms with Crippen molar-refractivity contribution in [3.63, 3.8) is 0 Å². The van der Waals surface area contributed by atoms with Gasteiger partial charge >= 0.3 is 5.97 Å². The molecule has 2 rings (SSSR count). The van der Waals surface area contributed by atoms with Crippen LogP contribution in [-0.4, -0.2) is 27.8 Å². The van der Waals surface area contributed by atoms with Crippen LogP contribution in [0.3, 0.4) is 0 Å². The molecule has 0 bridgehead atoms. The first-order valence-corrected chi connectivity index (χ1v) is 8.23. The first-order chi connectivity index (χ1) is 9.75.